The molecule has 1 saturated carbocycles. The van der Waals surface area contributed by atoms with Crippen molar-refractivity contribution < 1.29 is 9.59 Å². The minimum atomic E-state index is -0.224. The minimum Gasteiger partial charge on any atom is -0.352 e. The zero-order valence-corrected chi connectivity index (χ0v) is 15.1. The molecule has 1 aliphatic rings. The van der Waals surface area contributed by atoms with Crippen molar-refractivity contribution >= 4 is 17.4 Å². The summed E-state index contributed by atoms with van der Waals surface area (Å²) in [5.41, 5.74) is 3.31. The van der Waals surface area contributed by atoms with E-state index >= 15 is 0 Å². The van der Waals surface area contributed by atoms with Gasteiger partial charge in [-0.25, -0.2) is 0 Å². The predicted molar refractivity (Wildman–Crippen MR) is 97.5 cm³/mol. The second-order valence-corrected chi connectivity index (χ2v) is 7.09. The summed E-state index contributed by atoms with van der Waals surface area (Å²) < 4.78 is 0. The lowest BCUT2D eigenvalue weighted by Gasteiger charge is -2.14. The van der Waals surface area contributed by atoms with Crippen molar-refractivity contribution in [2.24, 2.45) is 5.92 Å². The lowest BCUT2D eigenvalue weighted by atomic mass is 9.92. The highest BCUT2D eigenvalue weighted by Gasteiger charge is 2.23. The van der Waals surface area contributed by atoms with Crippen LogP contribution in [0.15, 0.2) is 30.3 Å². The van der Waals surface area contributed by atoms with Gasteiger partial charge in [0.15, 0.2) is 0 Å². The van der Waals surface area contributed by atoms with E-state index in [9.17, 15) is 9.59 Å². The monoisotopic (exact) mass is 328 g/mol. The van der Waals surface area contributed by atoms with Crippen LogP contribution in [0.25, 0.3) is 5.57 Å². The summed E-state index contributed by atoms with van der Waals surface area (Å²) in [7, 11) is 0. The van der Waals surface area contributed by atoms with Gasteiger partial charge in [-0.15, -0.1) is 0 Å². The molecule has 130 valence electrons. The lowest BCUT2D eigenvalue weighted by Crippen LogP contribution is -2.37. The van der Waals surface area contributed by atoms with Gasteiger partial charge in [-0.3, -0.25) is 9.59 Å². The quantitative estimate of drug-likeness (QED) is 0.755. The number of hydrogen-bond acceptors (Lipinski definition) is 2. The number of allylic oxidation sites excluding steroid dienone is 1. The maximum Gasteiger partial charge on any atom is 0.244 e. The first-order valence-corrected chi connectivity index (χ1v) is 8.76. The van der Waals surface area contributed by atoms with E-state index in [-0.39, 0.29) is 24.3 Å². The fraction of sp³-hybridized carbons (Fsp3) is 0.500. The molecule has 0 radical (unpaired) electrons. The molecule has 0 aromatic heterocycles. The molecule has 1 aromatic carbocycles. The minimum absolute atomic E-state index is 0.0312. The number of hydrogen-bond donors (Lipinski definition) is 2. The van der Waals surface area contributed by atoms with E-state index in [0.717, 1.165) is 24.0 Å². The summed E-state index contributed by atoms with van der Waals surface area (Å²) in [4.78, 5) is 23.8. The molecule has 0 saturated heterocycles. The maximum absolute atomic E-state index is 12.1. The molecule has 0 bridgehead atoms. The van der Waals surface area contributed by atoms with Crippen molar-refractivity contribution in [1.29, 1.82) is 0 Å². The van der Waals surface area contributed by atoms with E-state index in [4.69, 9.17) is 0 Å². The zero-order valence-electron chi connectivity index (χ0n) is 15.1. The van der Waals surface area contributed by atoms with Crippen molar-refractivity contribution in [1.82, 2.24) is 10.6 Å². The van der Waals surface area contributed by atoms with Crippen molar-refractivity contribution in [2.45, 2.75) is 52.5 Å². The van der Waals surface area contributed by atoms with Crippen LogP contribution in [0.5, 0.6) is 0 Å². The molecule has 2 amide bonds. The Labute approximate surface area is 144 Å². The molecule has 2 N–H and O–H groups in total. The molecule has 4 nitrogen and oxygen atoms in total. The second kappa shape index (κ2) is 8.13. The molecule has 24 heavy (non-hydrogen) atoms. The van der Waals surface area contributed by atoms with E-state index in [1.807, 2.05) is 0 Å². The van der Waals surface area contributed by atoms with Crippen LogP contribution in [0, 0.1) is 5.92 Å². The van der Waals surface area contributed by atoms with Gasteiger partial charge in [0, 0.05) is 12.1 Å². The van der Waals surface area contributed by atoms with Crippen LogP contribution in [-0.2, 0) is 9.59 Å². The predicted octanol–water partition coefficient (Wildman–Crippen LogP) is 3.24. The van der Waals surface area contributed by atoms with E-state index in [0.29, 0.717) is 12.0 Å². The SMILES string of the molecule is CC(C)/C(=C\C(=O)NCC(=O)NC1CC1)c1ccc(C(C)C)cc1. The number of rotatable bonds is 7. The Morgan fingerprint density at radius 1 is 1.12 bits per heavy atom. The third-order valence-corrected chi connectivity index (χ3v) is 4.18. The number of carbonyl (C=O) groups excluding carboxylic acids is 2. The largest absolute Gasteiger partial charge is 0.352 e. The topological polar surface area (TPSA) is 58.2 Å². The zero-order chi connectivity index (χ0) is 17.7. The normalized spacial score (nSPS) is 14.8. The van der Waals surface area contributed by atoms with Gasteiger partial charge < -0.3 is 10.6 Å². The van der Waals surface area contributed by atoms with Crippen LogP contribution in [0.2, 0.25) is 0 Å². The smallest absolute Gasteiger partial charge is 0.244 e. The number of nitrogens with one attached hydrogen (secondary N) is 2. The van der Waals surface area contributed by atoms with Crippen molar-refractivity contribution in [2.75, 3.05) is 6.54 Å². The number of benzene rings is 1. The van der Waals surface area contributed by atoms with Crippen LogP contribution in [0.3, 0.4) is 0 Å². The fourth-order valence-corrected chi connectivity index (χ4v) is 2.51. The van der Waals surface area contributed by atoms with Gasteiger partial charge >= 0.3 is 0 Å². The van der Waals surface area contributed by atoms with E-state index in [2.05, 4.69) is 62.6 Å². The molecule has 0 spiro atoms. The highest BCUT2D eigenvalue weighted by molar-refractivity contribution is 5.97. The van der Waals surface area contributed by atoms with Gasteiger partial charge in [-0.05, 0) is 41.4 Å². The first-order chi connectivity index (χ1) is 11.4. The summed E-state index contributed by atoms with van der Waals surface area (Å²) in [6.07, 6.45) is 3.70. The van der Waals surface area contributed by atoms with Crippen LogP contribution < -0.4 is 10.6 Å². The Bertz CT molecular complexity index is 611. The molecule has 1 aliphatic carbocycles. The van der Waals surface area contributed by atoms with Crippen molar-refractivity contribution in [3.8, 4) is 0 Å². The molecule has 2 rings (SSSR count). The Morgan fingerprint density at radius 2 is 1.75 bits per heavy atom. The third-order valence-electron chi connectivity index (χ3n) is 4.18. The average molecular weight is 328 g/mol. The van der Waals surface area contributed by atoms with Gasteiger partial charge in [0.1, 0.15) is 0 Å². The summed E-state index contributed by atoms with van der Waals surface area (Å²) >= 11 is 0. The molecule has 0 atom stereocenters. The first kappa shape index (κ1) is 18.2. The number of carbonyl (C=O) groups is 2. The molecule has 1 aromatic rings. The van der Waals surface area contributed by atoms with Crippen LogP contribution in [0.4, 0.5) is 0 Å². The Hall–Kier alpha value is -2.10. The Morgan fingerprint density at radius 3 is 2.25 bits per heavy atom. The Balaban J connectivity index is 2.00. The van der Waals surface area contributed by atoms with Crippen LogP contribution >= 0.6 is 0 Å². The van der Waals surface area contributed by atoms with Crippen molar-refractivity contribution in [3.05, 3.63) is 41.5 Å². The highest BCUT2D eigenvalue weighted by atomic mass is 16.2. The van der Waals surface area contributed by atoms with Gasteiger partial charge in [0.25, 0.3) is 0 Å². The van der Waals surface area contributed by atoms with E-state index in [1.165, 1.54) is 5.56 Å². The van der Waals surface area contributed by atoms with Gasteiger partial charge in [-0.1, -0.05) is 52.0 Å². The van der Waals surface area contributed by atoms with E-state index in [1.54, 1.807) is 6.08 Å². The maximum atomic E-state index is 12.1. The molecular formula is C20H28N2O2. The molecule has 4 heteroatoms. The van der Waals surface area contributed by atoms with Crippen LogP contribution in [-0.4, -0.2) is 24.4 Å². The summed E-state index contributed by atoms with van der Waals surface area (Å²) in [5.74, 6) is 0.365. The molecular weight excluding hydrogens is 300 g/mol. The summed E-state index contributed by atoms with van der Waals surface area (Å²) in [5, 5.41) is 5.53. The lowest BCUT2D eigenvalue weighted by molar-refractivity contribution is -0.124. The van der Waals surface area contributed by atoms with Gasteiger partial charge in [-0.2, -0.15) is 0 Å². The molecule has 0 heterocycles. The van der Waals surface area contributed by atoms with E-state index < -0.39 is 0 Å². The fourth-order valence-electron chi connectivity index (χ4n) is 2.51. The third kappa shape index (κ3) is 5.52. The standard InChI is InChI=1S/C20H28N2O2/c1-13(2)15-5-7-16(8-6-15)18(14(3)4)11-19(23)21-12-20(24)22-17-9-10-17/h5-8,11,13-14,17H,9-10,12H2,1-4H3,(H,21,23)(H,22,24)/b18-11+. The molecule has 0 aliphatic heterocycles. The van der Waals surface area contributed by atoms with Gasteiger partial charge in [0.05, 0.1) is 6.54 Å². The van der Waals surface area contributed by atoms with Crippen LogP contribution in [0.1, 0.15) is 57.6 Å². The second-order valence-electron chi connectivity index (χ2n) is 7.09. The summed E-state index contributed by atoms with van der Waals surface area (Å²) in [6, 6.07) is 8.66. The summed E-state index contributed by atoms with van der Waals surface area (Å²) in [6.45, 7) is 8.48. The molecule has 1 fully saturated rings. The number of amides is 2. The highest BCUT2D eigenvalue weighted by Crippen LogP contribution is 2.25. The first-order valence-electron chi connectivity index (χ1n) is 8.76. The average Bonchev–Trinajstić information content (AvgIpc) is 3.34. The van der Waals surface area contributed by atoms with Gasteiger partial charge in [0.2, 0.25) is 11.8 Å². The Kier molecular flexibility index (Phi) is 6.18. The molecule has 0 unspecified atom stereocenters. The van der Waals surface area contributed by atoms with Crippen molar-refractivity contribution in [3.63, 3.8) is 0 Å².